The minimum absolute atomic E-state index is 0.196. The van der Waals surface area contributed by atoms with E-state index in [0.29, 0.717) is 46.9 Å². The van der Waals surface area contributed by atoms with E-state index in [4.69, 9.17) is 9.72 Å². The zero-order chi connectivity index (χ0) is 27.6. The molecule has 1 aromatic carbocycles. The number of amides is 2. The van der Waals surface area contributed by atoms with Gasteiger partial charge in [-0.2, -0.15) is 0 Å². The molecule has 200 valence electrons. The van der Waals surface area contributed by atoms with Crippen LogP contribution in [0.1, 0.15) is 85.2 Å². The maximum atomic E-state index is 13.5. The lowest BCUT2D eigenvalue weighted by Crippen LogP contribution is -2.42. The summed E-state index contributed by atoms with van der Waals surface area (Å²) < 4.78 is 19.1. The van der Waals surface area contributed by atoms with Crippen LogP contribution in [0.3, 0.4) is 0 Å². The minimum Gasteiger partial charge on any atom is -0.444 e. The van der Waals surface area contributed by atoms with E-state index in [1.807, 2.05) is 20.8 Å². The average molecular weight is 522 g/mol. The molecule has 1 saturated heterocycles. The molecule has 2 aromatic heterocycles. The summed E-state index contributed by atoms with van der Waals surface area (Å²) in [6, 6.07) is 7.76. The molecule has 1 aliphatic rings. The number of hydrogen-bond donors (Lipinski definition) is 2. The highest BCUT2D eigenvalue weighted by Crippen LogP contribution is 2.33. The number of H-pyrrole nitrogens is 1. The number of piperidine rings is 1. The van der Waals surface area contributed by atoms with E-state index in [1.54, 1.807) is 36.1 Å². The summed E-state index contributed by atoms with van der Waals surface area (Å²) in [4.78, 5) is 51.5. The van der Waals surface area contributed by atoms with Crippen LogP contribution in [0.2, 0.25) is 0 Å². The van der Waals surface area contributed by atoms with Gasteiger partial charge < -0.3 is 15.0 Å². The molecule has 38 heavy (non-hydrogen) atoms. The average Bonchev–Trinajstić information content (AvgIpc) is 3.31. The summed E-state index contributed by atoms with van der Waals surface area (Å²) in [5.41, 5.74) is 1.53. The molecular weight excluding hydrogens is 489 g/mol. The fourth-order valence-corrected chi connectivity index (χ4v) is 4.34. The second-order valence-corrected chi connectivity index (χ2v) is 10.4. The molecule has 1 fully saturated rings. The van der Waals surface area contributed by atoms with Crippen molar-refractivity contribution < 1.29 is 23.5 Å². The van der Waals surface area contributed by atoms with E-state index < -0.39 is 23.4 Å². The molecule has 0 spiro atoms. The number of aromatic nitrogens is 3. The van der Waals surface area contributed by atoms with Crippen LogP contribution in [-0.4, -0.2) is 49.8 Å². The summed E-state index contributed by atoms with van der Waals surface area (Å²) in [7, 11) is 0. The Morgan fingerprint density at radius 2 is 1.87 bits per heavy atom. The van der Waals surface area contributed by atoms with E-state index in [1.165, 1.54) is 13.0 Å². The van der Waals surface area contributed by atoms with E-state index in [0.717, 1.165) is 19.0 Å². The smallest absolute Gasteiger partial charge is 0.410 e. The predicted octanol–water partition coefficient (Wildman–Crippen LogP) is 5.84. The molecule has 0 saturated carbocycles. The number of ketones is 1. The highest BCUT2D eigenvalue weighted by molar-refractivity contribution is 6.04. The third-order valence-corrected chi connectivity index (χ3v) is 6.23. The van der Waals surface area contributed by atoms with E-state index in [-0.39, 0.29) is 17.6 Å². The lowest BCUT2D eigenvalue weighted by atomic mass is 10.0. The molecule has 0 bridgehead atoms. The molecule has 10 heteroatoms. The van der Waals surface area contributed by atoms with E-state index in [9.17, 15) is 18.8 Å². The highest BCUT2D eigenvalue weighted by atomic mass is 19.1. The van der Waals surface area contributed by atoms with Crippen molar-refractivity contribution >= 4 is 23.6 Å². The largest absolute Gasteiger partial charge is 0.444 e. The van der Waals surface area contributed by atoms with Gasteiger partial charge in [0.15, 0.2) is 5.78 Å². The summed E-state index contributed by atoms with van der Waals surface area (Å²) in [5.74, 6) is -0.279. The number of aromatic amines is 1. The van der Waals surface area contributed by atoms with Crippen LogP contribution in [0.4, 0.5) is 15.0 Å². The molecular formula is C28H32FN5O4. The number of ether oxygens (including phenoxy) is 1. The Hall–Kier alpha value is -4.08. The third kappa shape index (κ3) is 6.07. The van der Waals surface area contributed by atoms with Gasteiger partial charge in [0, 0.05) is 24.6 Å². The van der Waals surface area contributed by atoms with Crippen LogP contribution in [0.15, 0.2) is 36.5 Å². The van der Waals surface area contributed by atoms with Crippen LogP contribution >= 0.6 is 0 Å². The van der Waals surface area contributed by atoms with Crippen molar-refractivity contribution in [3.63, 3.8) is 0 Å². The Kier molecular flexibility index (Phi) is 7.61. The fourth-order valence-electron chi connectivity index (χ4n) is 4.34. The Bertz CT molecular complexity index is 1360. The number of likely N-dealkylation sites (tertiary alicyclic amines) is 1. The summed E-state index contributed by atoms with van der Waals surface area (Å²) in [5, 5.41) is 2.65. The molecule has 3 aromatic rings. The van der Waals surface area contributed by atoms with Crippen molar-refractivity contribution in [1.82, 2.24) is 19.9 Å². The van der Waals surface area contributed by atoms with Crippen LogP contribution in [0, 0.1) is 12.7 Å². The van der Waals surface area contributed by atoms with Gasteiger partial charge >= 0.3 is 6.09 Å². The van der Waals surface area contributed by atoms with Gasteiger partial charge in [0.2, 0.25) is 0 Å². The monoisotopic (exact) mass is 521 g/mol. The number of imidazole rings is 1. The maximum Gasteiger partial charge on any atom is 0.410 e. The van der Waals surface area contributed by atoms with Crippen LogP contribution in [0.5, 0.6) is 0 Å². The van der Waals surface area contributed by atoms with Gasteiger partial charge in [-0.05, 0) is 70.7 Å². The van der Waals surface area contributed by atoms with Crippen molar-refractivity contribution in [3.8, 4) is 11.3 Å². The lowest BCUT2D eigenvalue weighted by Gasteiger charge is -2.35. The van der Waals surface area contributed by atoms with Crippen molar-refractivity contribution in [2.75, 3.05) is 11.9 Å². The number of carbonyl (C=O) groups excluding carboxylic acids is 3. The molecule has 9 nitrogen and oxygen atoms in total. The SMILES string of the molecule is CC(=O)c1[nH]c([C@@H]2CCCCN2C(=O)OC(C)(C)C)nc1-c1ccc(C(=O)Nc2cc(C)c(F)cn2)cc1. The van der Waals surface area contributed by atoms with Crippen molar-refractivity contribution in [3.05, 3.63) is 65.0 Å². The number of aryl methyl sites for hydroxylation is 1. The summed E-state index contributed by atoms with van der Waals surface area (Å²) in [6.45, 7) is 9.05. The van der Waals surface area contributed by atoms with Gasteiger partial charge in [-0.1, -0.05) is 12.1 Å². The first-order valence-electron chi connectivity index (χ1n) is 12.6. The van der Waals surface area contributed by atoms with Crippen LogP contribution < -0.4 is 5.32 Å². The summed E-state index contributed by atoms with van der Waals surface area (Å²) in [6.07, 6.45) is 3.12. The number of halogens is 1. The molecule has 0 radical (unpaired) electrons. The molecule has 0 aliphatic carbocycles. The number of rotatable bonds is 5. The van der Waals surface area contributed by atoms with Crippen LogP contribution in [0.25, 0.3) is 11.3 Å². The number of hydrogen-bond acceptors (Lipinski definition) is 6. The second kappa shape index (κ2) is 10.7. The number of anilines is 1. The first kappa shape index (κ1) is 27.0. The molecule has 2 N–H and O–H groups in total. The Morgan fingerprint density at radius 1 is 1.16 bits per heavy atom. The summed E-state index contributed by atoms with van der Waals surface area (Å²) >= 11 is 0. The first-order chi connectivity index (χ1) is 17.9. The molecule has 0 unspecified atom stereocenters. The van der Waals surface area contributed by atoms with Gasteiger partial charge in [0.05, 0.1) is 17.9 Å². The number of benzene rings is 1. The fraction of sp³-hybridized carbons (Fsp3) is 0.393. The quantitative estimate of drug-likeness (QED) is 0.408. The van der Waals surface area contributed by atoms with Crippen molar-refractivity contribution in [2.24, 2.45) is 0 Å². The van der Waals surface area contributed by atoms with Gasteiger partial charge in [-0.15, -0.1) is 0 Å². The first-order valence-corrected chi connectivity index (χ1v) is 12.6. The van der Waals surface area contributed by atoms with Gasteiger partial charge in [0.1, 0.15) is 28.8 Å². The number of carbonyl (C=O) groups is 3. The Balaban J connectivity index is 1.58. The Labute approximate surface area is 220 Å². The Morgan fingerprint density at radius 3 is 2.50 bits per heavy atom. The minimum atomic E-state index is -0.627. The zero-order valence-corrected chi connectivity index (χ0v) is 22.2. The topological polar surface area (TPSA) is 117 Å². The van der Waals surface area contributed by atoms with Gasteiger partial charge in [-0.25, -0.2) is 19.2 Å². The molecule has 1 atom stereocenters. The highest BCUT2D eigenvalue weighted by Gasteiger charge is 2.34. The second-order valence-electron chi connectivity index (χ2n) is 10.4. The van der Waals surface area contributed by atoms with E-state index in [2.05, 4.69) is 15.3 Å². The number of pyridine rings is 1. The lowest BCUT2D eigenvalue weighted by molar-refractivity contribution is 0.00853. The molecule has 2 amide bonds. The molecule has 4 rings (SSSR count). The van der Waals surface area contributed by atoms with Gasteiger partial charge in [0.25, 0.3) is 5.91 Å². The predicted molar refractivity (Wildman–Crippen MR) is 140 cm³/mol. The zero-order valence-electron chi connectivity index (χ0n) is 22.2. The third-order valence-electron chi connectivity index (χ3n) is 6.23. The standard InChI is InChI=1S/C28H32FN5O4/c1-16-14-22(30-15-20(16)29)31-26(36)19-11-9-18(10-12-19)24-23(17(2)35)32-25(33-24)21-8-6-7-13-34(21)27(37)38-28(3,4)5/h9-12,14-15,21H,6-8,13H2,1-5H3,(H,32,33)(H,30,31,36)/t21-/m0/s1. The number of nitrogens with one attached hydrogen (secondary N) is 2. The van der Waals surface area contributed by atoms with Crippen molar-refractivity contribution in [2.45, 2.75) is 65.5 Å². The molecule has 1 aliphatic heterocycles. The number of nitrogens with zero attached hydrogens (tertiary/aromatic N) is 3. The van der Waals surface area contributed by atoms with Gasteiger partial charge in [-0.3, -0.25) is 14.5 Å². The van der Waals surface area contributed by atoms with E-state index >= 15 is 0 Å². The van der Waals surface area contributed by atoms with Crippen molar-refractivity contribution in [1.29, 1.82) is 0 Å². The number of Topliss-reactive ketones (excluding diaryl/α,β-unsaturated/α-hetero) is 1. The van der Waals surface area contributed by atoms with Crippen LogP contribution in [-0.2, 0) is 4.74 Å². The molecule has 3 heterocycles. The maximum absolute atomic E-state index is 13.5. The normalized spacial score (nSPS) is 15.7.